The van der Waals surface area contributed by atoms with Gasteiger partial charge in [0, 0.05) is 13.0 Å². The van der Waals surface area contributed by atoms with Crippen LogP contribution in [0.1, 0.15) is 213 Å². The highest BCUT2D eigenvalue weighted by molar-refractivity contribution is 7.47. The van der Waals surface area contributed by atoms with Crippen LogP contribution in [0.15, 0.2) is 60.8 Å². The second-order valence-electron chi connectivity index (χ2n) is 16.4. The van der Waals surface area contributed by atoms with Crippen LogP contribution >= 0.6 is 7.82 Å². The van der Waals surface area contributed by atoms with E-state index in [-0.39, 0.29) is 25.6 Å². The lowest BCUT2D eigenvalue weighted by Gasteiger charge is -2.20. The van der Waals surface area contributed by atoms with Crippen LogP contribution in [0.3, 0.4) is 0 Å². The van der Waals surface area contributed by atoms with Crippen LogP contribution in [0.25, 0.3) is 0 Å². The van der Waals surface area contributed by atoms with E-state index in [0.29, 0.717) is 6.61 Å². The minimum Gasteiger partial charge on any atom is -0.457 e. The fraction of sp³-hybridized carbons (Fsp3) is 0.784. The Hall–Kier alpha value is -1.84. The second kappa shape index (κ2) is 47.6. The Kier molecular flexibility index (Phi) is 46.2. The molecule has 0 aromatic rings. The Morgan fingerprint density at radius 1 is 0.525 bits per heavy atom. The number of aliphatic hydroxyl groups is 2. The Morgan fingerprint density at radius 3 is 1.43 bits per heavy atom. The maximum Gasteiger partial charge on any atom is 0.472 e. The first-order valence-electron chi connectivity index (χ1n) is 24.8. The maximum atomic E-state index is 12.7. The van der Waals surface area contributed by atoms with Crippen molar-refractivity contribution in [1.29, 1.82) is 0 Å². The molecule has 0 amide bonds. The highest BCUT2D eigenvalue weighted by atomic mass is 31.2. The summed E-state index contributed by atoms with van der Waals surface area (Å²) in [6, 6.07) is 0. The van der Waals surface area contributed by atoms with Gasteiger partial charge in [-0.15, -0.1) is 0 Å². The molecule has 0 saturated heterocycles. The molecule has 10 heteroatoms. The molecule has 0 spiro atoms. The average molecular weight is 881 g/mol. The fourth-order valence-electron chi connectivity index (χ4n) is 6.70. The average Bonchev–Trinajstić information content (AvgIpc) is 3.25. The number of carbonyl (C=O) groups is 1. The third kappa shape index (κ3) is 47.5. The molecule has 3 N–H and O–H groups in total. The molecule has 356 valence electrons. The number of hydrogen-bond donors (Lipinski definition) is 3. The van der Waals surface area contributed by atoms with Crippen molar-refractivity contribution in [2.24, 2.45) is 0 Å². The van der Waals surface area contributed by atoms with Crippen LogP contribution in [0.4, 0.5) is 0 Å². The van der Waals surface area contributed by atoms with Crippen molar-refractivity contribution >= 4 is 13.8 Å². The molecule has 0 fully saturated rings. The van der Waals surface area contributed by atoms with Gasteiger partial charge >= 0.3 is 13.8 Å². The standard InChI is InChI=1S/C51H93O9P/c1-3-5-7-9-11-13-15-17-19-21-23-24-25-26-28-30-32-34-36-38-40-42-44-57-47-50(48-59-61(55,56)58-46-49(53)45-52)60-51(54)43-41-39-37-35-33-31-29-27-22-20-18-16-14-12-10-8-6-4-2/h5,7,11,13,17,19-20,22-24,49-50,52-53H,3-4,6,8-10,12,14-16,18,21,25-48H2,1-2H3,(H,55,56)/b7-5-,13-11-,19-17-,22-20-,24-23-. The summed E-state index contributed by atoms with van der Waals surface area (Å²) in [5.41, 5.74) is 0. The highest BCUT2D eigenvalue weighted by Crippen LogP contribution is 2.43. The normalized spacial score (nSPS) is 14.4. The van der Waals surface area contributed by atoms with Crippen molar-refractivity contribution in [3.05, 3.63) is 60.8 Å². The van der Waals surface area contributed by atoms with E-state index in [1.807, 2.05) is 0 Å². The number of esters is 1. The number of hydrogen-bond acceptors (Lipinski definition) is 8. The van der Waals surface area contributed by atoms with Gasteiger partial charge in [0.25, 0.3) is 0 Å². The molecule has 0 radical (unpaired) electrons. The molecule has 0 aliphatic heterocycles. The first kappa shape index (κ1) is 59.2. The Balaban J connectivity index is 4.11. The number of phosphoric acid groups is 1. The maximum absolute atomic E-state index is 12.7. The zero-order valence-corrected chi connectivity index (χ0v) is 40.0. The van der Waals surface area contributed by atoms with Gasteiger partial charge in [-0.05, 0) is 77.0 Å². The molecule has 61 heavy (non-hydrogen) atoms. The van der Waals surface area contributed by atoms with Gasteiger partial charge in [0.15, 0.2) is 0 Å². The lowest BCUT2D eigenvalue weighted by Crippen LogP contribution is -2.29. The third-order valence-corrected chi connectivity index (χ3v) is 11.4. The molecule has 0 bridgehead atoms. The summed E-state index contributed by atoms with van der Waals surface area (Å²) in [6.45, 7) is 3.40. The largest absolute Gasteiger partial charge is 0.472 e. The summed E-state index contributed by atoms with van der Waals surface area (Å²) < 4.78 is 33.5. The molecule has 0 aromatic carbocycles. The van der Waals surface area contributed by atoms with Gasteiger partial charge in [-0.25, -0.2) is 4.57 Å². The number of allylic oxidation sites excluding steroid dienone is 10. The summed E-state index contributed by atoms with van der Waals surface area (Å²) in [4.78, 5) is 22.7. The predicted octanol–water partition coefficient (Wildman–Crippen LogP) is 14.3. The topological polar surface area (TPSA) is 132 Å². The Bertz CT molecular complexity index is 1140. The van der Waals surface area contributed by atoms with Crippen molar-refractivity contribution < 1.29 is 43.0 Å². The van der Waals surface area contributed by atoms with Crippen LogP contribution < -0.4 is 0 Å². The Morgan fingerprint density at radius 2 is 0.934 bits per heavy atom. The monoisotopic (exact) mass is 881 g/mol. The number of carbonyl (C=O) groups excluding carboxylic acids is 1. The fourth-order valence-corrected chi connectivity index (χ4v) is 7.48. The van der Waals surface area contributed by atoms with Crippen LogP contribution in [-0.4, -0.2) is 66.3 Å². The van der Waals surface area contributed by atoms with Gasteiger partial charge in [-0.3, -0.25) is 13.8 Å². The van der Waals surface area contributed by atoms with Crippen molar-refractivity contribution in [3.8, 4) is 0 Å². The molecule has 0 aliphatic carbocycles. The van der Waals surface area contributed by atoms with Crippen molar-refractivity contribution in [2.45, 2.75) is 225 Å². The summed E-state index contributed by atoms with van der Waals surface area (Å²) in [7, 11) is -4.53. The molecule has 0 rings (SSSR count). The molecule has 0 saturated carbocycles. The second-order valence-corrected chi connectivity index (χ2v) is 17.9. The van der Waals surface area contributed by atoms with Gasteiger partial charge in [0.1, 0.15) is 12.2 Å². The minimum absolute atomic E-state index is 0.0419. The number of phosphoric ester groups is 1. The van der Waals surface area contributed by atoms with E-state index in [0.717, 1.165) is 83.5 Å². The number of unbranched alkanes of at least 4 members (excludes halogenated alkanes) is 23. The third-order valence-electron chi connectivity index (χ3n) is 10.4. The van der Waals surface area contributed by atoms with Gasteiger partial charge < -0.3 is 24.6 Å². The first-order chi connectivity index (χ1) is 29.8. The van der Waals surface area contributed by atoms with Gasteiger partial charge in [-0.1, -0.05) is 190 Å². The van der Waals surface area contributed by atoms with E-state index in [1.54, 1.807) is 0 Å². The summed E-state index contributed by atoms with van der Waals surface area (Å²) in [6.07, 6.45) is 56.1. The van der Waals surface area contributed by atoms with Crippen LogP contribution in [0.2, 0.25) is 0 Å². The molecule has 3 unspecified atom stereocenters. The van der Waals surface area contributed by atoms with E-state index < -0.39 is 33.2 Å². The van der Waals surface area contributed by atoms with Gasteiger partial charge in [-0.2, -0.15) is 0 Å². The van der Waals surface area contributed by atoms with E-state index in [2.05, 4.69) is 74.6 Å². The smallest absolute Gasteiger partial charge is 0.457 e. The van der Waals surface area contributed by atoms with Crippen LogP contribution in [0, 0.1) is 0 Å². The summed E-state index contributed by atoms with van der Waals surface area (Å²) in [5.74, 6) is -0.389. The zero-order chi connectivity index (χ0) is 44.6. The molecule has 9 nitrogen and oxygen atoms in total. The lowest BCUT2D eigenvalue weighted by molar-refractivity contribution is -0.154. The summed E-state index contributed by atoms with van der Waals surface area (Å²) in [5, 5.41) is 18.4. The van der Waals surface area contributed by atoms with Crippen molar-refractivity contribution in [3.63, 3.8) is 0 Å². The predicted molar refractivity (Wildman–Crippen MR) is 256 cm³/mol. The summed E-state index contributed by atoms with van der Waals surface area (Å²) >= 11 is 0. The van der Waals surface area contributed by atoms with E-state index in [4.69, 9.17) is 23.6 Å². The van der Waals surface area contributed by atoms with Gasteiger partial charge in [0.2, 0.25) is 0 Å². The molecular weight excluding hydrogens is 788 g/mol. The number of rotatable bonds is 47. The van der Waals surface area contributed by atoms with Crippen LogP contribution in [-0.2, 0) is 27.9 Å². The SMILES string of the molecule is CC/C=C\C/C=C\C/C=C\C/C=C\CCCCCCCCCCCOCC(COP(=O)(O)OCC(O)CO)OC(=O)CCCCCCCCC/C=C\CCCCCCCCC. The van der Waals surface area contributed by atoms with Crippen molar-refractivity contribution in [1.82, 2.24) is 0 Å². The number of aliphatic hydroxyl groups excluding tert-OH is 2. The highest BCUT2D eigenvalue weighted by Gasteiger charge is 2.26. The zero-order valence-electron chi connectivity index (χ0n) is 39.1. The van der Waals surface area contributed by atoms with Crippen molar-refractivity contribution in [2.75, 3.05) is 33.0 Å². The van der Waals surface area contributed by atoms with E-state index >= 15 is 0 Å². The molecule has 0 aromatic heterocycles. The lowest BCUT2D eigenvalue weighted by atomic mass is 10.1. The molecule has 0 aliphatic rings. The minimum atomic E-state index is -4.53. The quantitative estimate of drug-likeness (QED) is 0.0237. The molecular formula is C51H93O9P. The molecule has 3 atom stereocenters. The number of ether oxygens (including phenoxy) is 2. The van der Waals surface area contributed by atoms with E-state index in [1.165, 1.54) is 109 Å². The van der Waals surface area contributed by atoms with E-state index in [9.17, 15) is 19.4 Å². The Labute approximate surface area is 374 Å². The first-order valence-corrected chi connectivity index (χ1v) is 26.3. The van der Waals surface area contributed by atoms with Crippen LogP contribution in [0.5, 0.6) is 0 Å². The molecule has 0 heterocycles. The van der Waals surface area contributed by atoms with Gasteiger partial charge in [0.05, 0.1) is 26.4 Å².